The van der Waals surface area contributed by atoms with E-state index in [-0.39, 0.29) is 18.5 Å². The van der Waals surface area contributed by atoms with Crippen molar-refractivity contribution in [3.63, 3.8) is 0 Å². The summed E-state index contributed by atoms with van der Waals surface area (Å²) < 4.78 is 39.6. The van der Waals surface area contributed by atoms with Gasteiger partial charge in [-0.3, -0.25) is 0 Å². The Labute approximate surface area is 120 Å². The zero-order valence-corrected chi connectivity index (χ0v) is 11.7. The van der Waals surface area contributed by atoms with Gasteiger partial charge >= 0.3 is 6.18 Å². The highest BCUT2D eigenvalue weighted by atomic mass is 19.4. The third-order valence-corrected chi connectivity index (χ3v) is 3.26. The smallest absolute Gasteiger partial charge is 0.395 e. The van der Waals surface area contributed by atoms with Gasteiger partial charge in [0.25, 0.3) is 0 Å². The van der Waals surface area contributed by atoms with Crippen molar-refractivity contribution in [1.82, 2.24) is 4.98 Å². The van der Waals surface area contributed by atoms with E-state index in [1.54, 1.807) is 25.1 Å². The van der Waals surface area contributed by atoms with Crippen molar-refractivity contribution in [1.29, 1.82) is 0 Å². The lowest BCUT2D eigenvalue weighted by molar-refractivity contribution is -0.136. The fourth-order valence-electron chi connectivity index (χ4n) is 2.27. The van der Waals surface area contributed by atoms with Crippen LogP contribution >= 0.6 is 0 Å². The number of anilines is 2. The van der Waals surface area contributed by atoms with Crippen LogP contribution in [0.3, 0.4) is 0 Å². The standard InChI is InChI=1S/C14H16F3N3O/c1-18-11-8-19-13(20(2)6-7-21)9-4-3-5-10(12(9)11)14(15,16)17/h3-5,8,18,21H,6-7H2,1-2H3. The number of fused-ring (bicyclic) bond motifs is 1. The molecule has 0 atom stereocenters. The van der Waals surface area contributed by atoms with Crippen LogP contribution in [0.2, 0.25) is 0 Å². The molecule has 21 heavy (non-hydrogen) atoms. The van der Waals surface area contributed by atoms with Crippen molar-refractivity contribution in [3.8, 4) is 0 Å². The van der Waals surface area contributed by atoms with E-state index < -0.39 is 11.7 Å². The van der Waals surface area contributed by atoms with Gasteiger partial charge in [0.15, 0.2) is 0 Å². The van der Waals surface area contributed by atoms with Gasteiger partial charge in [0.2, 0.25) is 0 Å². The molecule has 4 nitrogen and oxygen atoms in total. The van der Waals surface area contributed by atoms with Crippen LogP contribution in [-0.4, -0.2) is 37.3 Å². The van der Waals surface area contributed by atoms with Crippen LogP contribution in [0.25, 0.3) is 10.8 Å². The van der Waals surface area contributed by atoms with Crippen molar-refractivity contribution in [2.24, 2.45) is 0 Å². The molecule has 0 fully saturated rings. The number of rotatable bonds is 4. The Morgan fingerprint density at radius 2 is 2.05 bits per heavy atom. The predicted octanol–water partition coefficient (Wildman–Crippen LogP) is 2.72. The van der Waals surface area contributed by atoms with E-state index in [4.69, 9.17) is 5.11 Å². The number of aliphatic hydroxyl groups is 1. The molecule has 0 spiro atoms. The van der Waals surface area contributed by atoms with Crippen molar-refractivity contribution in [2.75, 3.05) is 37.5 Å². The molecule has 2 aromatic rings. The number of benzene rings is 1. The Bertz CT molecular complexity index is 643. The molecule has 0 saturated heterocycles. The van der Waals surface area contributed by atoms with E-state index in [9.17, 15) is 13.2 Å². The zero-order chi connectivity index (χ0) is 15.6. The van der Waals surface area contributed by atoms with Crippen LogP contribution in [0.15, 0.2) is 24.4 Å². The topological polar surface area (TPSA) is 48.4 Å². The second kappa shape index (κ2) is 5.77. The average Bonchev–Trinajstić information content (AvgIpc) is 2.44. The Hall–Kier alpha value is -2.02. The molecule has 0 radical (unpaired) electrons. The number of likely N-dealkylation sites (N-methyl/N-ethyl adjacent to an activating group) is 1. The van der Waals surface area contributed by atoms with Crippen LogP contribution < -0.4 is 10.2 Å². The third kappa shape index (κ3) is 2.87. The summed E-state index contributed by atoms with van der Waals surface area (Å²) in [6.07, 6.45) is -3.07. The fraction of sp³-hybridized carbons (Fsp3) is 0.357. The number of halogens is 3. The first-order valence-corrected chi connectivity index (χ1v) is 6.38. The normalized spacial score (nSPS) is 11.7. The molecule has 2 rings (SSSR count). The van der Waals surface area contributed by atoms with Gasteiger partial charge in [-0.1, -0.05) is 12.1 Å². The summed E-state index contributed by atoms with van der Waals surface area (Å²) in [6.45, 7) is 0.184. The molecule has 0 bridgehead atoms. The number of pyridine rings is 1. The quantitative estimate of drug-likeness (QED) is 0.911. The fourth-order valence-corrected chi connectivity index (χ4v) is 2.27. The Balaban J connectivity index is 2.77. The monoisotopic (exact) mass is 299 g/mol. The highest BCUT2D eigenvalue weighted by Crippen LogP contribution is 2.40. The lowest BCUT2D eigenvalue weighted by atomic mass is 10.0. The minimum absolute atomic E-state index is 0.0855. The molecular weight excluding hydrogens is 283 g/mol. The number of hydrogen-bond donors (Lipinski definition) is 2. The summed E-state index contributed by atoms with van der Waals surface area (Å²) in [4.78, 5) is 5.83. The summed E-state index contributed by atoms with van der Waals surface area (Å²) in [6, 6.07) is 4.02. The highest BCUT2D eigenvalue weighted by molar-refractivity contribution is 6.02. The third-order valence-electron chi connectivity index (χ3n) is 3.26. The Morgan fingerprint density at radius 3 is 2.62 bits per heavy atom. The van der Waals surface area contributed by atoms with Gasteiger partial charge in [0.05, 0.1) is 24.1 Å². The summed E-state index contributed by atoms with van der Waals surface area (Å²) >= 11 is 0. The van der Waals surface area contributed by atoms with Gasteiger partial charge in [0, 0.05) is 31.4 Å². The number of aromatic nitrogens is 1. The molecule has 0 aliphatic rings. The van der Waals surface area contributed by atoms with E-state index in [2.05, 4.69) is 10.3 Å². The van der Waals surface area contributed by atoms with Crippen molar-refractivity contribution in [3.05, 3.63) is 30.0 Å². The number of nitrogens with zero attached hydrogens (tertiary/aromatic N) is 2. The van der Waals surface area contributed by atoms with Crippen LogP contribution in [0.4, 0.5) is 24.7 Å². The maximum Gasteiger partial charge on any atom is 0.417 e. The first-order valence-electron chi connectivity index (χ1n) is 6.38. The minimum atomic E-state index is -4.45. The molecule has 1 aromatic carbocycles. The van der Waals surface area contributed by atoms with Crippen molar-refractivity contribution < 1.29 is 18.3 Å². The van der Waals surface area contributed by atoms with Crippen LogP contribution in [-0.2, 0) is 6.18 Å². The molecule has 2 N–H and O–H groups in total. The van der Waals surface area contributed by atoms with Crippen molar-refractivity contribution >= 4 is 22.3 Å². The molecule has 0 aliphatic heterocycles. The molecule has 0 amide bonds. The largest absolute Gasteiger partial charge is 0.417 e. The van der Waals surface area contributed by atoms with Crippen molar-refractivity contribution in [2.45, 2.75) is 6.18 Å². The van der Waals surface area contributed by atoms with E-state index in [0.717, 1.165) is 6.07 Å². The van der Waals surface area contributed by atoms with E-state index in [0.29, 0.717) is 16.9 Å². The predicted molar refractivity (Wildman–Crippen MR) is 76.6 cm³/mol. The molecule has 114 valence electrons. The lowest BCUT2D eigenvalue weighted by Gasteiger charge is -2.21. The van der Waals surface area contributed by atoms with Crippen LogP contribution in [0.1, 0.15) is 5.56 Å². The summed E-state index contributed by atoms with van der Waals surface area (Å²) in [5.74, 6) is 0.407. The van der Waals surface area contributed by atoms with Gasteiger partial charge < -0.3 is 15.3 Å². The number of aliphatic hydroxyl groups excluding tert-OH is 1. The molecule has 0 aliphatic carbocycles. The Kier molecular flexibility index (Phi) is 4.22. The maximum absolute atomic E-state index is 13.2. The zero-order valence-electron chi connectivity index (χ0n) is 11.7. The summed E-state index contributed by atoms with van der Waals surface area (Å²) in [7, 11) is 3.23. The second-order valence-corrected chi connectivity index (χ2v) is 4.62. The lowest BCUT2D eigenvalue weighted by Crippen LogP contribution is -2.22. The first-order chi connectivity index (χ1) is 9.90. The minimum Gasteiger partial charge on any atom is -0.395 e. The SMILES string of the molecule is CNc1cnc(N(C)CCO)c2cccc(C(F)(F)F)c12. The van der Waals surface area contributed by atoms with Gasteiger partial charge in [-0.05, 0) is 6.07 Å². The summed E-state index contributed by atoms with van der Waals surface area (Å²) in [5, 5.41) is 12.2. The molecule has 1 heterocycles. The molecule has 1 aromatic heterocycles. The molecule has 0 saturated carbocycles. The highest BCUT2D eigenvalue weighted by Gasteiger charge is 2.33. The van der Waals surface area contributed by atoms with E-state index >= 15 is 0 Å². The van der Waals surface area contributed by atoms with E-state index in [1.165, 1.54) is 12.3 Å². The molecule has 7 heteroatoms. The maximum atomic E-state index is 13.2. The summed E-state index contributed by atoms with van der Waals surface area (Å²) in [5.41, 5.74) is -0.385. The number of nitrogens with one attached hydrogen (secondary N) is 1. The number of hydrogen-bond acceptors (Lipinski definition) is 4. The molecule has 0 unspecified atom stereocenters. The van der Waals surface area contributed by atoms with Crippen LogP contribution in [0, 0.1) is 0 Å². The first kappa shape index (κ1) is 15.4. The van der Waals surface area contributed by atoms with E-state index in [1.807, 2.05) is 0 Å². The van der Waals surface area contributed by atoms with Gasteiger partial charge in [-0.25, -0.2) is 4.98 Å². The molecular formula is C14H16F3N3O. The Morgan fingerprint density at radius 1 is 1.33 bits per heavy atom. The second-order valence-electron chi connectivity index (χ2n) is 4.62. The van der Waals surface area contributed by atoms with Gasteiger partial charge in [-0.2, -0.15) is 13.2 Å². The van der Waals surface area contributed by atoms with Gasteiger partial charge in [-0.15, -0.1) is 0 Å². The van der Waals surface area contributed by atoms with Gasteiger partial charge in [0.1, 0.15) is 5.82 Å². The average molecular weight is 299 g/mol. The van der Waals surface area contributed by atoms with Crippen LogP contribution in [0.5, 0.6) is 0 Å². The number of alkyl halides is 3.